The van der Waals surface area contributed by atoms with E-state index in [0.29, 0.717) is 17.5 Å². The molecule has 3 rings (SSSR count). The maximum atomic E-state index is 12.3. The molecule has 1 amide bonds. The second-order valence-electron chi connectivity index (χ2n) is 6.26. The topological polar surface area (TPSA) is 45.5 Å². The fourth-order valence-electron chi connectivity index (χ4n) is 3.35. The highest BCUT2D eigenvalue weighted by Crippen LogP contribution is 2.28. The summed E-state index contributed by atoms with van der Waals surface area (Å²) in [6.07, 6.45) is 4.37. The lowest BCUT2D eigenvalue weighted by atomic mass is 10.1. The number of rotatable bonds is 5. The summed E-state index contributed by atoms with van der Waals surface area (Å²) in [5.41, 5.74) is 2.64. The van der Waals surface area contributed by atoms with E-state index in [0.717, 1.165) is 48.2 Å². The van der Waals surface area contributed by atoms with Gasteiger partial charge in [-0.25, -0.2) is 0 Å². The number of carbonyl (C=O) groups is 1. The van der Waals surface area contributed by atoms with E-state index in [9.17, 15) is 4.79 Å². The van der Waals surface area contributed by atoms with Gasteiger partial charge < -0.3 is 9.73 Å². The minimum absolute atomic E-state index is 0.0346. The SMILES string of the molecule is CCN1CCCC1CNC(=O)Cc1coc2cc(C)c(Cl)cc12. The summed E-state index contributed by atoms with van der Waals surface area (Å²) >= 11 is 6.18. The second kappa shape index (κ2) is 6.93. The van der Waals surface area contributed by atoms with E-state index in [1.807, 2.05) is 19.1 Å². The Bertz CT molecular complexity index is 710. The molecule has 5 heteroatoms. The van der Waals surface area contributed by atoms with Crippen LogP contribution in [-0.4, -0.2) is 36.5 Å². The van der Waals surface area contributed by atoms with Gasteiger partial charge in [0.2, 0.25) is 5.91 Å². The van der Waals surface area contributed by atoms with Crippen molar-refractivity contribution < 1.29 is 9.21 Å². The zero-order valence-electron chi connectivity index (χ0n) is 13.7. The first-order valence-corrected chi connectivity index (χ1v) is 8.63. The Morgan fingerprint density at radius 3 is 3.09 bits per heavy atom. The molecule has 1 unspecified atom stereocenters. The van der Waals surface area contributed by atoms with Gasteiger partial charge in [0.15, 0.2) is 0 Å². The molecule has 23 heavy (non-hydrogen) atoms. The van der Waals surface area contributed by atoms with E-state index in [4.69, 9.17) is 16.0 Å². The molecule has 0 radical (unpaired) electrons. The number of furan rings is 1. The number of nitrogens with zero attached hydrogens (tertiary/aromatic N) is 1. The molecule has 1 atom stereocenters. The molecule has 0 spiro atoms. The molecule has 124 valence electrons. The highest BCUT2D eigenvalue weighted by Gasteiger charge is 2.23. The van der Waals surface area contributed by atoms with Crippen LogP contribution in [0.1, 0.15) is 30.9 Å². The number of benzene rings is 1. The number of fused-ring (bicyclic) bond motifs is 1. The van der Waals surface area contributed by atoms with Crippen LogP contribution in [0.25, 0.3) is 11.0 Å². The van der Waals surface area contributed by atoms with Gasteiger partial charge in [0.1, 0.15) is 5.58 Å². The lowest BCUT2D eigenvalue weighted by molar-refractivity contribution is -0.120. The molecule has 1 aromatic carbocycles. The van der Waals surface area contributed by atoms with Gasteiger partial charge in [-0.05, 0) is 50.6 Å². The molecule has 1 aliphatic rings. The molecule has 1 N–H and O–H groups in total. The van der Waals surface area contributed by atoms with Gasteiger partial charge in [-0.15, -0.1) is 0 Å². The van der Waals surface area contributed by atoms with Crippen LogP contribution in [-0.2, 0) is 11.2 Å². The van der Waals surface area contributed by atoms with Crippen molar-refractivity contribution in [3.63, 3.8) is 0 Å². The van der Waals surface area contributed by atoms with Crippen LogP contribution in [0, 0.1) is 6.92 Å². The van der Waals surface area contributed by atoms with Gasteiger partial charge >= 0.3 is 0 Å². The Kier molecular flexibility index (Phi) is 4.93. The molecule has 0 aliphatic carbocycles. The molecule has 2 heterocycles. The van der Waals surface area contributed by atoms with Crippen LogP contribution in [0.5, 0.6) is 0 Å². The highest BCUT2D eigenvalue weighted by molar-refractivity contribution is 6.32. The molecule has 1 fully saturated rings. The van der Waals surface area contributed by atoms with Crippen LogP contribution in [0.4, 0.5) is 0 Å². The zero-order valence-corrected chi connectivity index (χ0v) is 14.4. The summed E-state index contributed by atoms with van der Waals surface area (Å²) in [7, 11) is 0. The molecule has 4 nitrogen and oxygen atoms in total. The summed E-state index contributed by atoms with van der Waals surface area (Å²) < 4.78 is 5.55. The van der Waals surface area contributed by atoms with E-state index in [1.54, 1.807) is 6.26 Å². The van der Waals surface area contributed by atoms with Crippen LogP contribution in [0.2, 0.25) is 5.02 Å². The maximum absolute atomic E-state index is 12.3. The first-order valence-electron chi connectivity index (χ1n) is 8.25. The number of hydrogen-bond donors (Lipinski definition) is 1. The van der Waals surface area contributed by atoms with Crippen LogP contribution >= 0.6 is 11.6 Å². The van der Waals surface area contributed by atoms with Gasteiger partial charge in [0.05, 0.1) is 12.7 Å². The van der Waals surface area contributed by atoms with Gasteiger partial charge in [0, 0.05) is 28.6 Å². The first-order chi connectivity index (χ1) is 11.1. The van der Waals surface area contributed by atoms with Crippen molar-refractivity contribution in [1.82, 2.24) is 10.2 Å². The normalized spacial score (nSPS) is 18.7. The Balaban J connectivity index is 1.63. The van der Waals surface area contributed by atoms with Crippen molar-refractivity contribution in [3.05, 3.63) is 34.5 Å². The van der Waals surface area contributed by atoms with Crippen molar-refractivity contribution in [2.45, 2.75) is 39.2 Å². The Labute approximate surface area is 141 Å². The van der Waals surface area contributed by atoms with Gasteiger partial charge in [-0.2, -0.15) is 0 Å². The third-order valence-corrected chi connectivity index (χ3v) is 5.13. The number of likely N-dealkylation sites (tertiary alicyclic amines) is 1. The standard InChI is InChI=1S/C18H23ClN2O2/c1-3-21-6-4-5-14(21)10-20-18(22)8-13-11-23-17-7-12(2)16(19)9-15(13)17/h7,9,11,14H,3-6,8,10H2,1-2H3,(H,20,22). The molecule has 1 aliphatic heterocycles. The second-order valence-corrected chi connectivity index (χ2v) is 6.67. The predicted octanol–water partition coefficient (Wildman–Crippen LogP) is 3.54. The Morgan fingerprint density at radius 1 is 1.48 bits per heavy atom. The fourth-order valence-corrected chi connectivity index (χ4v) is 3.51. The third-order valence-electron chi connectivity index (χ3n) is 4.73. The number of likely N-dealkylation sites (N-methyl/N-ethyl adjacent to an activating group) is 1. The molecular formula is C18H23ClN2O2. The average molecular weight is 335 g/mol. The van der Waals surface area contributed by atoms with Gasteiger partial charge in [-0.1, -0.05) is 18.5 Å². The van der Waals surface area contributed by atoms with Crippen LogP contribution in [0.15, 0.2) is 22.8 Å². The van der Waals surface area contributed by atoms with Gasteiger partial charge in [0.25, 0.3) is 0 Å². The van der Waals surface area contributed by atoms with E-state index in [-0.39, 0.29) is 5.91 Å². The van der Waals surface area contributed by atoms with Crippen molar-refractivity contribution in [2.24, 2.45) is 0 Å². The summed E-state index contributed by atoms with van der Waals surface area (Å²) in [5, 5.41) is 4.68. The largest absolute Gasteiger partial charge is 0.464 e. The highest BCUT2D eigenvalue weighted by atomic mass is 35.5. The average Bonchev–Trinajstić information content (AvgIpc) is 3.13. The Hall–Kier alpha value is -1.52. The molecule has 0 saturated carbocycles. The van der Waals surface area contributed by atoms with Crippen molar-refractivity contribution in [2.75, 3.05) is 19.6 Å². The minimum Gasteiger partial charge on any atom is -0.464 e. The Morgan fingerprint density at radius 2 is 2.30 bits per heavy atom. The summed E-state index contributed by atoms with van der Waals surface area (Å²) in [6.45, 7) is 7.02. The zero-order chi connectivity index (χ0) is 16.4. The van der Waals surface area contributed by atoms with Crippen LogP contribution < -0.4 is 5.32 Å². The fraction of sp³-hybridized carbons (Fsp3) is 0.500. The number of nitrogens with one attached hydrogen (secondary N) is 1. The molecule has 1 aromatic heterocycles. The van der Waals surface area contributed by atoms with Crippen molar-refractivity contribution >= 4 is 28.5 Å². The van der Waals surface area contributed by atoms with Crippen molar-refractivity contribution in [3.8, 4) is 0 Å². The smallest absolute Gasteiger partial charge is 0.224 e. The van der Waals surface area contributed by atoms with Crippen LogP contribution in [0.3, 0.4) is 0 Å². The number of halogens is 1. The van der Waals surface area contributed by atoms with E-state index in [2.05, 4.69) is 17.1 Å². The lowest BCUT2D eigenvalue weighted by Gasteiger charge is -2.22. The first kappa shape index (κ1) is 16.3. The monoisotopic (exact) mass is 334 g/mol. The molecule has 1 saturated heterocycles. The number of amides is 1. The number of carbonyl (C=O) groups excluding carboxylic acids is 1. The maximum Gasteiger partial charge on any atom is 0.224 e. The number of hydrogen-bond acceptors (Lipinski definition) is 3. The number of aryl methyl sites for hydroxylation is 1. The minimum atomic E-state index is 0.0346. The predicted molar refractivity (Wildman–Crippen MR) is 92.9 cm³/mol. The summed E-state index contributed by atoms with van der Waals surface area (Å²) in [6, 6.07) is 4.27. The molecule has 2 aromatic rings. The van der Waals surface area contributed by atoms with E-state index in [1.165, 1.54) is 6.42 Å². The quantitative estimate of drug-likeness (QED) is 0.909. The van der Waals surface area contributed by atoms with Gasteiger partial charge in [-0.3, -0.25) is 9.69 Å². The van der Waals surface area contributed by atoms with Crippen molar-refractivity contribution in [1.29, 1.82) is 0 Å². The summed E-state index contributed by atoms with van der Waals surface area (Å²) in [4.78, 5) is 14.7. The molecule has 0 bridgehead atoms. The summed E-state index contributed by atoms with van der Waals surface area (Å²) in [5.74, 6) is 0.0346. The van der Waals surface area contributed by atoms with E-state index < -0.39 is 0 Å². The molecular weight excluding hydrogens is 312 g/mol. The third kappa shape index (κ3) is 3.54. The van der Waals surface area contributed by atoms with E-state index >= 15 is 0 Å². The lowest BCUT2D eigenvalue weighted by Crippen LogP contribution is -2.40.